The van der Waals surface area contributed by atoms with E-state index >= 15 is 0 Å². The molecule has 3 unspecified atom stereocenters. The number of unbranched alkanes of at least 4 members (excludes halogenated alkanes) is 20. The molecular weight excluding hydrogens is 558 g/mol. The number of rotatable bonds is 33. The van der Waals surface area contributed by atoms with E-state index in [4.69, 9.17) is 0 Å². The predicted molar refractivity (Wildman–Crippen MR) is 194 cm³/mol. The first-order chi connectivity index (χ1) is 22.1. The van der Waals surface area contributed by atoms with Crippen molar-refractivity contribution in [3.63, 3.8) is 0 Å². The molecule has 0 aliphatic carbocycles. The second-order valence-electron chi connectivity index (χ2n) is 12.8. The third-order valence-corrected chi connectivity index (χ3v) is 8.42. The van der Waals surface area contributed by atoms with Crippen molar-refractivity contribution in [3.05, 3.63) is 48.6 Å². The minimum Gasteiger partial charge on any atom is -0.394 e. The van der Waals surface area contributed by atoms with Gasteiger partial charge >= 0.3 is 0 Å². The molecule has 5 heteroatoms. The highest BCUT2D eigenvalue weighted by Crippen LogP contribution is 2.13. The Labute approximate surface area is 278 Å². The Morgan fingerprint density at radius 1 is 0.556 bits per heavy atom. The minimum absolute atomic E-state index is 0.383. The number of hydrogen-bond acceptors (Lipinski definition) is 4. The van der Waals surface area contributed by atoms with E-state index in [9.17, 15) is 20.1 Å². The number of aliphatic hydroxyl groups excluding tert-OH is 3. The molecular formula is C40H73NO4. The quantitative estimate of drug-likeness (QED) is 0.0330. The Kier molecular flexibility index (Phi) is 33.8. The summed E-state index contributed by atoms with van der Waals surface area (Å²) in [6.07, 6.45) is 44.1. The largest absolute Gasteiger partial charge is 0.394 e. The van der Waals surface area contributed by atoms with Crippen molar-refractivity contribution in [2.75, 3.05) is 6.61 Å². The van der Waals surface area contributed by atoms with Crippen molar-refractivity contribution in [1.29, 1.82) is 0 Å². The first-order valence-corrected chi connectivity index (χ1v) is 19.0. The van der Waals surface area contributed by atoms with E-state index in [1.54, 1.807) is 6.08 Å². The van der Waals surface area contributed by atoms with Crippen LogP contribution in [0.4, 0.5) is 0 Å². The first-order valence-electron chi connectivity index (χ1n) is 19.0. The van der Waals surface area contributed by atoms with Gasteiger partial charge in [-0.3, -0.25) is 4.79 Å². The lowest BCUT2D eigenvalue weighted by molar-refractivity contribution is -0.131. The lowest BCUT2D eigenvalue weighted by Gasteiger charge is -2.21. The van der Waals surface area contributed by atoms with Crippen LogP contribution in [0.1, 0.15) is 174 Å². The van der Waals surface area contributed by atoms with E-state index in [2.05, 4.69) is 55.6 Å². The molecule has 1 amide bonds. The summed E-state index contributed by atoms with van der Waals surface area (Å²) in [5, 5.41) is 32.9. The number of allylic oxidation sites excluding steroid dienone is 7. The summed E-state index contributed by atoms with van der Waals surface area (Å²) in [7, 11) is 0. The van der Waals surface area contributed by atoms with Crippen LogP contribution in [0, 0.1) is 0 Å². The lowest BCUT2D eigenvalue weighted by Crippen LogP contribution is -2.48. The highest BCUT2D eigenvalue weighted by molar-refractivity contribution is 5.80. The molecule has 3 atom stereocenters. The summed E-state index contributed by atoms with van der Waals surface area (Å²) in [6.45, 7) is 4.11. The van der Waals surface area contributed by atoms with Crippen molar-refractivity contribution < 1.29 is 20.1 Å². The maximum absolute atomic E-state index is 12.4. The number of carbonyl (C=O) groups excluding carboxylic acids is 1. The molecule has 4 N–H and O–H groups in total. The highest BCUT2D eigenvalue weighted by atomic mass is 16.3. The number of amides is 1. The van der Waals surface area contributed by atoms with E-state index in [0.29, 0.717) is 6.42 Å². The molecule has 0 aromatic carbocycles. The van der Waals surface area contributed by atoms with Crippen LogP contribution in [0.25, 0.3) is 0 Å². The van der Waals surface area contributed by atoms with E-state index < -0.39 is 24.2 Å². The summed E-state index contributed by atoms with van der Waals surface area (Å²) >= 11 is 0. The summed E-state index contributed by atoms with van der Waals surface area (Å²) in [5.74, 6) is -0.528. The Hall–Kier alpha value is -1.69. The van der Waals surface area contributed by atoms with Gasteiger partial charge in [0, 0.05) is 0 Å². The zero-order valence-electron chi connectivity index (χ0n) is 29.5. The standard InChI is InChI=1S/C40H73NO4/c1-3-5-7-9-11-13-15-17-19-20-21-23-24-26-28-30-32-34-38(43)37(36-42)41-40(45)39(44)35-33-31-29-27-25-22-18-16-14-12-10-8-6-4-2/h12,14,16,18,24,26,32,34,37-39,42-44H,3-11,13,15,17,19-23,25,27-31,33,35-36H2,1-2H3,(H,41,45)/b14-12-,18-16-,26-24+,34-32+. The van der Waals surface area contributed by atoms with E-state index in [1.807, 2.05) is 6.08 Å². The van der Waals surface area contributed by atoms with Crippen LogP contribution in [0.2, 0.25) is 0 Å². The molecule has 0 bridgehead atoms. The van der Waals surface area contributed by atoms with Crippen LogP contribution in [0.5, 0.6) is 0 Å². The molecule has 0 spiro atoms. The van der Waals surface area contributed by atoms with Gasteiger partial charge in [-0.15, -0.1) is 0 Å². The average molecular weight is 632 g/mol. The molecule has 0 aromatic heterocycles. The van der Waals surface area contributed by atoms with Gasteiger partial charge in [-0.1, -0.05) is 165 Å². The molecule has 0 radical (unpaired) electrons. The van der Waals surface area contributed by atoms with Crippen molar-refractivity contribution in [2.24, 2.45) is 0 Å². The molecule has 262 valence electrons. The van der Waals surface area contributed by atoms with Crippen LogP contribution in [0.3, 0.4) is 0 Å². The van der Waals surface area contributed by atoms with Gasteiger partial charge in [0.15, 0.2) is 0 Å². The zero-order chi connectivity index (χ0) is 33.1. The fourth-order valence-corrected chi connectivity index (χ4v) is 5.37. The van der Waals surface area contributed by atoms with Gasteiger partial charge in [0.25, 0.3) is 0 Å². The first kappa shape index (κ1) is 43.3. The molecule has 0 aliphatic heterocycles. The number of carbonyl (C=O) groups is 1. The molecule has 45 heavy (non-hydrogen) atoms. The predicted octanol–water partition coefficient (Wildman–Crippen LogP) is 10.2. The van der Waals surface area contributed by atoms with Crippen LogP contribution in [-0.2, 0) is 4.79 Å². The molecule has 5 nitrogen and oxygen atoms in total. The summed E-state index contributed by atoms with van der Waals surface area (Å²) in [6, 6.07) is -0.820. The summed E-state index contributed by atoms with van der Waals surface area (Å²) < 4.78 is 0. The van der Waals surface area contributed by atoms with Crippen molar-refractivity contribution in [1.82, 2.24) is 5.32 Å². The maximum Gasteiger partial charge on any atom is 0.249 e. The lowest BCUT2D eigenvalue weighted by atomic mass is 10.1. The monoisotopic (exact) mass is 632 g/mol. The Morgan fingerprint density at radius 3 is 1.53 bits per heavy atom. The fraction of sp³-hybridized carbons (Fsp3) is 0.775. The third kappa shape index (κ3) is 30.7. The molecule has 0 heterocycles. The van der Waals surface area contributed by atoms with Gasteiger partial charge in [-0.05, 0) is 57.8 Å². The topological polar surface area (TPSA) is 89.8 Å². The Morgan fingerprint density at radius 2 is 0.978 bits per heavy atom. The van der Waals surface area contributed by atoms with E-state index in [0.717, 1.165) is 64.2 Å². The summed E-state index contributed by atoms with van der Waals surface area (Å²) in [4.78, 5) is 12.4. The Balaban J connectivity index is 3.83. The molecule has 0 fully saturated rings. The molecule has 0 saturated carbocycles. The van der Waals surface area contributed by atoms with E-state index in [-0.39, 0.29) is 6.61 Å². The van der Waals surface area contributed by atoms with E-state index in [1.165, 1.54) is 89.9 Å². The highest BCUT2D eigenvalue weighted by Gasteiger charge is 2.22. The minimum atomic E-state index is -1.12. The summed E-state index contributed by atoms with van der Waals surface area (Å²) in [5.41, 5.74) is 0. The van der Waals surface area contributed by atoms with Crippen LogP contribution in [0.15, 0.2) is 48.6 Å². The van der Waals surface area contributed by atoms with Gasteiger partial charge in [0.1, 0.15) is 6.10 Å². The molecule has 0 rings (SSSR count). The number of hydrogen-bond donors (Lipinski definition) is 4. The van der Waals surface area contributed by atoms with Crippen molar-refractivity contribution in [3.8, 4) is 0 Å². The molecule has 0 saturated heterocycles. The van der Waals surface area contributed by atoms with Gasteiger partial charge in [0.05, 0.1) is 18.8 Å². The van der Waals surface area contributed by atoms with Crippen molar-refractivity contribution in [2.45, 2.75) is 193 Å². The number of aliphatic hydroxyl groups is 3. The van der Waals surface area contributed by atoms with Crippen LogP contribution >= 0.6 is 0 Å². The smallest absolute Gasteiger partial charge is 0.249 e. The normalized spacial score (nSPS) is 14.3. The fourth-order valence-electron chi connectivity index (χ4n) is 5.37. The van der Waals surface area contributed by atoms with Gasteiger partial charge in [-0.25, -0.2) is 0 Å². The second-order valence-corrected chi connectivity index (χ2v) is 12.8. The Bertz CT molecular complexity index is 745. The average Bonchev–Trinajstić information content (AvgIpc) is 3.04. The zero-order valence-corrected chi connectivity index (χ0v) is 29.5. The maximum atomic E-state index is 12.4. The molecule has 0 aliphatic rings. The van der Waals surface area contributed by atoms with Crippen LogP contribution in [-0.4, -0.2) is 46.1 Å². The molecule has 0 aromatic rings. The van der Waals surface area contributed by atoms with Gasteiger partial charge in [-0.2, -0.15) is 0 Å². The van der Waals surface area contributed by atoms with Gasteiger partial charge in [0.2, 0.25) is 5.91 Å². The SMILES string of the molecule is CCCCC/C=C\C=C/CCCCCCCC(O)C(=O)NC(CO)C(O)/C=C/CC/C=C/CCCCCCCCCCCCC. The van der Waals surface area contributed by atoms with Crippen LogP contribution < -0.4 is 5.32 Å². The number of nitrogens with one attached hydrogen (secondary N) is 1. The van der Waals surface area contributed by atoms with Gasteiger partial charge < -0.3 is 20.6 Å². The third-order valence-electron chi connectivity index (χ3n) is 8.42. The van der Waals surface area contributed by atoms with Crippen molar-refractivity contribution >= 4 is 5.91 Å². The second kappa shape index (κ2) is 35.2.